The Morgan fingerprint density at radius 1 is 0.818 bits per heavy atom. The van der Waals surface area contributed by atoms with Gasteiger partial charge in [0.25, 0.3) is 0 Å². The van der Waals surface area contributed by atoms with Gasteiger partial charge in [-0.1, -0.05) is 6.08 Å². The summed E-state index contributed by atoms with van der Waals surface area (Å²) in [6.07, 6.45) is -23.5. The van der Waals surface area contributed by atoms with Gasteiger partial charge in [0.2, 0.25) is 5.79 Å². The molecule has 14 N–H and O–H groups in total. The van der Waals surface area contributed by atoms with E-state index in [1.165, 1.54) is 13.0 Å². The number of nitrogens with one attached hydrogen (secondary N) is 1. The van der Waals surface area contributed by atoms with Gasteiger partial charge in [0.1, 0.15) is 73.2 Å². The van der Waals surface area contributed by atoms with Gasteiger partial charge in [0, 0.05) is 0 Å². The van der Waals surface area contributed by atoms with Gasteiger partial charge < -0.3 is 95.4 Å². The second-order valence-electron chi connectivity index (χ2n) is 11.5. The fourth-order valence-electron chi connectivity index (χ4n) is 5.76. The first kappa shape index (κ1) is 35.8. The van der Waals surface area contributed by atoms with Gasteiger partial charge in [0.15, 0.2) is 12.6 Å². The average Bonchev–Trinajstić information content (AvgIpc) is 3.01. The third kappa shape index (κ3) is 6.82. The van der Waals surface area contributed by atoms with Crippen molar-refractivity contribution < 1.29 is 90.1 Å². The summed E-state index contributed by atoms with van der Waals surface area (Å²) in [5.41, 5.74) is 0.0213. The van der Waals surface area contributed by atoms with Crippen LogP contribution in [0.25, 0.3) is 0 Å². The van der Waals surface area contributed by atoms with Crippen molar-refractivity contribution in [2.75, 3.05) is 26.4 Å². The fraction of sp³-hybridized carbons (Fsp3) is 0.920. The number of hydrogen-bond donors (Lipinski definition) is 14. The van der Waals surface area contributed by atoms with Crippen LogP contribution in [-0.2, 0) is 23.7 Å². The highest BCUT2D eigenvalue weighted by Crippen LogP contribution is 2.33. The minimum absolute atomic E-state index is 0.0213. The standard InChI is InChI=1S/C25H43NO18/c1-7-12(26-9-2-8(3-27)13(31)16(34)14(9)32)15(33)18(36)23(41-7)44-21-11(4-28)42-24(19(37)17(21)35)43-20-10(30)5-40-25(39,6-29)22(20)38/h2,7,9-24,26-39H,3-6H2,1H3/t7-,9+,10-,11-,12-,13-,14+,15+,16+,17-,18-,19-,20-,21-,22+,23-,24-,25?/m1/s1. The van der Waals surface area contributed by atoms with Crippen LogP contribution in [0, 0.1) is 0 Å². The van der Waals surface area contributed by atoms with Crippen LogP contribution < -0.4 is 5.32 Å². The molecule has 3 aliphatic heterocycles. The van der Waals surface area contributed by atoms with Gasteiger partial charge in [-0.2, -0.15) is 0 Å². The lowest BCUT2D eigenvalue weighted by atomic mass is 9.86. The van der Waals surface area contributed by atoms with E-state index < -0.39 is 136 Å². The van der Waals surface area contributed by atoms with Crippen molar-refractivity contribution in [2.24, 2.45) is 0 Å². The van der Waals surface area contributed by atoms with Crippen LogP contribution in [0.2, 0.25) is 0 Å². The SMILES string of the molecule is C[C@H]1O[C@H](O[C@H]2[C@H](O)[C@@H](O)[C@@H](O[C@@H]3[C@H](O)COC(O)(CO)[C@H]3O)O[C@@H]2CO)[C@H](O)[C@@H](O)[C@@H]1N[C@H]1C=C(CO)[C@@H](O)[C@H](O)[C@H]1O. The minimum Gasteiger partial charge on any atom is -0.394 e. The van der Waals surface area contributed by atoms with Gasteiger partial charge in [-0.05, 0) is 12.5 Å². The molecule has 0 amide bonds. The van der Waals surface area contributed by atoms with Gasteiger partial charge >= 0.3 is 0 Å². The predicted molar refractivity (Wildman–Crippen MR) is 138 cm³/mol. The lowest BCUT2D eigenvalue weighted by molar-refractivity contribution is -0.384. The third-order valence-electron chi connectivity index (χ3n) is 8.52. The second kappa shape index (κ2) is 14.4. The lowest BCUT2D eigenvalue weighted by Crippen LogP contribution is -2.69. The number of rotatable bonds is 9. The quantitative estimate of drug-likeness (QED) is 0.103. The van der Waals surface area contributed by atoms with Gasteiger partial charge in [0.05, 0.1) is 44.6 Å². The topological polar surface area (TPSA) is 321 Å². The van der Waals surface area contributed by atoms with Crippen molar-refractivity contribution in [1.29, 1.82) is 0 Å². The molecular weight excluding hydrogens is 602 g/mol. The van der Waals surface area contributed by atoms with Crippen LogP contribution in [0.15, 0.2) is 11.6 Å². The zero-order valence-corrected chi connectivity index (χ0v) is 23.6. The van der Waals surface area contributed by atoms with E-state index in [4.69, 9.17) is 23.7 Å². The lowest BCUT2D eigenvalue weighted by Gasteiger charge is -2.49. The molecule has 0 spiro atoms. The van der Waals surface area contributed by atoms with Crippen molar-refractivity contribution in [3.63, 3.8) is 0 Å². The van der Waals surface area contributed by atoms with E-state index in [-0.39, 0.29) is 5.57 Å². The second-order valence-corrected chi connectivity index (χ2v) is 11.5. The molecule has 1 aliphatic carbocycles. The number of aliphatic hydroxyl groups is 13. The van der Waals surface area contributed by atoms with E-state index in [0.717, 1.165) is 0 Å². The Balaban J connectivity index is 1.42. The van der Waals surface area contributed by atoms with Gasteiger partial charge in [-0.15, -0.1) is 0 Å². The first-order valence-corrected chi connectivity index (χ1v) is 14.1. The molecule has 3 heterocycles. The molecule has 4 rings (SSSR count). The molecule has 0 radical (unpaired) electrons. The van der Waals surface area contributed by atoms with E-state index in [2.05, 4.69) is 5.32 Å². The number of hydrogen-bond acceptors (Lipinski definition) is 19. The van der Waals surface area contributed by atoms with E-state index in [1.54, 1.807) is 0 Å². The van der Waals surface area contributed by atoms with Crippen LogP contribution in [-0.4, -0.2) is 203 Å². The van der Waals surface area contributed by atoms with Crippen LogP contribution in [0.3, 0.4) is 0 Å². The molecule has 0 aromatic carbocycles. The first-order chi connectivity index (χ1) is 20.7. The average molecular weight is 646 g/mol. The van der Waals surface area contributed by atoms with E-state index >= 15 is 0 Å². The molecule has 19 heteroatoms. The number of aliphatic hydroxyl groups excluding tert-OH is 12. The first-order valence-electron chi connectivity index (χ1n) is 14.1. The Morgan fingerprint density at radius 3 is 2.05 bits per heavy atom. The van der Waals surface area contributed by atoms with Crippen LogP contribution >= 0.6 is 0 Å². The van der Waals surface area contributed by atoms with E-state index in [1.807, 2.05) is 0 Å². The van der Waals surface area contributed by atoms with Crippen molar-refractivity contribution in [3.8, 4) is 0 Å². The summed E-state index contributed by atoms with van der Waals surface area (Å²) in [6, 6.07) is -2.17. The Kier molecular flexibility index (Phi) is 11.7. The Labute approximate surface area is 250 Å². The molecule has 18 atom stereocenters. The zero-order valence-electron chi connectivity index (χ0n) is 23.6. The third-order valence-corrected chi connectivity index (χ3v) is 8.52. The molecule has 0 aromatic heterocycles. The molecule has 44 heavy (non-hydrogen) atoms. The number of ether oxygens (including phenoxy) is 5. The molecule has 4 aliphatic rings. The summed E-state index contributed by atoms with van der Waals surface area (Å²) in [4.78, 5) is 0. The summed E-state index contributed by atoms with van der Waals surface area (Å²) in [6.45, 7) is -1.63. The Hall–Kier alpha value is -1.02. The monoisotopic (exact) mass is 645 g/mol. The molecule has 256 valence electrons. The smallest absolute Gasteiger partial charge is 0.218 e. The molecule has 0 bridgehead atoms. The zero-order chi connectivity index (χ0) is 32.7. The molecule has 0 aromatic rings. The van der Waals surface area contributed by atoms with Crippen molar-refractivity contribution in [3.05, 3.63) is 11.6 Å². The van der Waals surface area contributed by atoms with Crippen molar-refractivity contribution >= 4 is 0 Å². The molecule has 0 saturated carbocycles. The molecule has 3 fully saturated rings. The highest BCUT2D eigenvalue weighted by Gasteiger charge is 2.55. The Bertz CT molecular complexity index is 975. The van der Waals surface area contributed by atoms with E-state index in [0.29, 0.717) is 0 Å². The molecule has 19 nitrogen and oxygen atoms in total. The molecular formula is C25H43NO18. The summed E-state index contributed by atoms with van der Waals surface area (Å²) < 4.78 is 27.2. The van der Waals surface area contributed by atoms with E-state index in [9.17, 15) is 66.4 Å². The van der Waals surface area contributed by atoms with Crippen molar-refractivity contribution in [1.82, 2.24) is 5.32 Å². The van der Waals surface area contributed by atoms with Crippen molar-refractivity contribution in [2.45, 2.75) is 117 Å². The molecule has 3 saturated heterocycles. The minimum atomic E-state index is -2.50. The largest absolute Gasteiger partial charge is 0.394 e. The maximum atomic E-state index is 10.9. The van der Waals surface area contributed by atoms with Gasteiger partial charge in [-0.25, -0.2) is 0 Å². The summed E-state index contributed by atoms with van der Waals surface area (Å²) in [7, 11) is 0. The van der Waals surface area contributed by atoms with Crippen LogP contribution in [0.1, 0.15) is 6.92 Å². The highest BCUT2D eigenvalue weighted by atomic mass is 16.7. The summed E-state index contributed by atoms with van der Waals surface area (Å²) >= 11 is 0. The summed E-state index contributed by atoms with van der Waals surface area (Å²) in [5, 5.41) is 136. The Morgan fingerprint density at radius 2 is 1.43 bits per heavy atom. The summed E-state index contributed by atoms with van der Waals surface area (Å²) in [5.74, 6) is -2.50. The maximum Gasteiger partial charge on any atom is 0.218 e. The normalized spacial score (nSPS) is 52.0. The van der Waals surface area contributed by atoms with Crippen LogP contribution in [0.5, 0.6) is 0 Å². The predicted octanol–water partition coefficient (Wildman–Crippen LogP) is -8.56. The fourth-order valence-corrected chi connectivity index (χ4v) is 5.76. The molecule has 1 unspecified atom stereocenters. The highest BCUT2D eigenvalue weighted by molar-refractivity contribution is 5.22. The van der Waals surface area contributed by atoms with Crippen LogP contribution in [0.4, 0.5) is 0 Å². The van der Waals surface area contributed by atoms with Gasteiger partial charge in [-0.3, -0.25) is 0 Å². The maximum absolute atomic E-state index is 10.9.